The summed E-state index contributed by atoms with van der Waals surface area (Å²) in [6.07, 6.45) is 8.07. The number of pyridine rings is 2. The van der Waals surface area contributed by atoms with E-state index < -0.39 is 0 Å². The maximum Gasteiger partial charge on any atom is 0.227 e. The molecule has 1 aromatic carbocycles. The Morgan fingerprint density at radius 3 is 2.81 bits per heavy atom. The van der Waals surface area contributed by atoms with Crippen molar-refractivity contribution in [2.75, 3.05) is 5.32 Å². The van der Waals surface area contributed by atoms with Gasteiger partial charge in [-0.15, -0.1) is 11.3 Å². The molecule has 0 saturated heterocycles. The number of aromatic amines is 2. The number of amides is 1. The van der Waals surface area contributed by atoms with Crippen LogP contribution in [0.1, 0.15) is 19.3 Å². The smallest absolute Gasteiger partial charge is 0.227 e. The zero-order valence-electron chi connectivity index (χ0n) is 19.5. The molecule has 182 valence electrons. The van der Waals surface area contributed by atoms with Crippen molar-refractivity contribution in [2.45, 2.75) is 19.3 Å². The fraction of sp³-hybridized carbons (Fsp3) is 0.148. The van der Waals surface area contributed by atoms with Crippen LogP contribution in [0.3, 0.4) is 0 Å². The van der Waals surface area contributed by atoms with Gasteiger partial charge in [0.25, 0.3) is 0 Å². The number of nitrogens with one attached hydrogen (secondary N) is 3. The second kappa shape index (κ2) is 8.59. The summed E-state index contributed by atoms with van der Waals surface area (Å²) in [6, 6.07) is 12.8. The first kappa shape index (κ1) is 21.8. The van der Waals surface area contributed by atoms with Gasteiger partial charge < -0.3 is 10.3 Å². The monoisotopic (exact) mass is 509 g/mol. The van der Waals surface area contributed by atoms with Crippen molar-refractivity contribution in [1.82, 2.24) is 30.1 Å². The molecule has 1 amide bonds. The number of anilines is 1. The van der Waals surface area contributed by atoms with E-state index >= 15 is 0 Å². The molecule has 1 aliphatic rings. The predicted molar refractivity (Wildman–Crippen MR) is 141 cm³/mol. The van der Waals surface area contributed by atoms with Crippen LogP contribution in [0.25, 0.3) is 55.2 Å². The largest absolute Gasteiger partial charge is 0.337 e. The summed E-state index contributed by atoms with van der Waals surface area (Å²) in [5, 5.41) is 11.1. The highest BCUT2D eigenvalue weighted by molar-refractivity contribution is 7.14. The molecule has 0 spiro atoms. The Morgan fingerprint density at radius 2 is 2.00 bits per heavy atom. The lowest BCUT2D eigenvalue weighted by molar-refractivity contribution is -0.122. The summed E-state index contributed by atoms with van der Waals surface area (Å²) >= 11 is 1.09. The quantitative estimate of drug-likeness (QED) is 0.257. The van der Waals surface area contributed by atoms with Crippen molar-refractivity contribution < 1.29 is 9.18 Å². The molecule has 8 nitrogen and oxygen atoms in total. The van der Waals surface area contributed by atoms with Crippen LogP contribution in [0.2, 0.25) is 0 Å². The fourth-order valence-corrected chi connectivity index (χ4v) is 5.38. The van der Waals surface area contributed by atoms with Gasteiger partial charge in [-0.25, -0.2) is 4.98 Å². The highest BCUT2D eigenvalue weighted by Crippen LogP contribution is 2.35. The van der Waals surface area contributed by atoms with E-state index in [9.17, 15) is 9.18 Å². The number of carbonyl (C=O) groups excluding carboxylic acids is 1. The van der Waals surface area contributed by atoms with Gasteiger partial charge in [-0.05, 0) is 43.2 Å². The Kier molecular flexibility index (Phi) is 5.07. The molecule has 0 radical (unpaired) electrons. The van der Waals surface area contributed by atoms with Crippen molar-refractivity contribution in [2.24, 2.45) is 5.92 Å². The van der Waals surface area contributed by atoms with Gasteiger partial charge in [-0.1, -0.05) is 18.6 Å². The number of rotatable bonds is 5. The summed E-state index contributed by atoms with van der Waals surface area (Å²) in [7, 11) is 0. The third-order valence-electron chi connectivity index (χ3n) is 6.80. The van der Waals surface area contributed by atoms with Gasteiger partial charge in [0.1, 0.15) is 5.69 Å². The first-order valence-corrected chi connectivity index (χ1v) is 12.8. The second-order valence-corrected chi connectivity index (χ2v) is 10.2. The Labute approximate surface area is 214 Å². The molecule has 1 aliphatic carbocycles. The summed E-state index contributed by atoms with van der Waals surface area (Å²) in [4.78, 5) is 30.3. The zero-order valence-corrected chi connectivity index (χ0v) is 20.3. The Morgan fingerprint density at radius 1 is 1.08 bits per heavy atom. The van der Waals surface area contributed by atoms with Crippen molar-refractivity contribution in [3.05, 3.63) is 66.2 Å². The minimum Gasteiger partial charge on any atom is -0.337 e. The third kappa shape index (κ3) is 3.86. The number of imidazole rings is 1. The number of para-hydroxylation sites is 1. The van der Waals surface area contributed by atoms with Gasteiger partial charge in [0.05, 0.1) is 40.3 Å². The number of hydrogen-bond donors (Lipinski definition) is 3. The fourth-order valence-electron chi connectivity index (χ4n) is 4.62. The number of aromatic nitrogens is 6. The summed E-state index contributed by atoms with van der Waals surface area (Å²) < 4.78 is 13.7. The Hall–Kier alpha value is -4.44. The van der Waals surface area contributed by atoms with Gasteiger partial charge in [-0.2, -0.15) is 9.49 Å². The van der Waals surface area contributed by atoms with E-state index in [0.29, 0.717) is 22.9 Å². The van der Waals surface area contributed by atoms with Crippen molar-refractivity contribution in [1.29, 1.82) is 0 Å². The van der Waals surface area contributed by atoms with E-state index in [1.807, 2.05) is 30.3 Å². The van der Waals surface area contributed by atoms with Crippen LogP contribution in [-0.2, 0) is 4.79 Å². The van der Waals surface area contributed by atoms with E-state index in [-0.39, 0.29) is 17.0 Å². The number of fused-ring (bicyclic) bond motifs is 2. The first-order chi connectivity index (χ1) is 18.1. The highest BCUT2D eigenvalue weighted by Gasteiger charge is 2.25. The van der Waals surface area contributed by atoms with Crippen LogP contribution in [0, 0.1) is 11.0 Å². The molecule has 0 atom stereocenters. The van der Waals surface area contributed by atoms with E-state index in [1.54, 1.807) is 24.7 Å². The van der Waals surface area contributed by atoms with E-state index in [2.05, 4.69) is 30.5 Å². The van der Waals surface area contributed by atoms with Crippen molar-refractivity contribution >= 4 is 44.9 Å². The number of H-pyrrole nitrogens is 2. The number of hydrogen-bond acceptors (Lipinski definition) is 6. The van der Waals surface area contributed by atoms with Crippen LogP contribution in [-0.4, -0.2) is 36.0 Å². The molecule has 7 rings (SSSR count). The number of thiophene rings is 1. The molecule has 37 heavy (non-hydrogen) atoms. The molecule has 6 aromatic rings. The van der Waals surface area contributed by atoms with Crippen LogP contribution in [0.15, 0.2) is 61.1 Å². The molecule has 1 fully saturated rings. The standard InChI is InChI=1S/C27H20FN7OS/c28-23-8-7-22(37-23)17-5-2-6-19-24(17)33-26(32-19)25-18-10-20(30-13-21(18)34-35-25)15-9-16(12-29-11-15)31-27(36)14-3-1-4-14/h2,5-14H,1,3-4H2,(H,31,36)(H,32,33)(H,34,35). The number of benzene rings is 1. The minimum absolute atomic E-state index is 0.0419. The molecular formula is C27H20FN7OS. The average Bonchev–Trinajstić information content (AvgIpc) is 3.60. The van der Waals surface area contributed by atoms with Gasteiger partial charge in [0.15, 0.2) is 11.0 Å². The summed E-state index contributed by atoms with van der Waals surface area (Å²) in [6.45, 7) is 0. The molecule has 5 heterocycles. The lowest BCUT2D eigenvalue weighted by Gasteiger charge is -2.24. The number of carbonyl (C=O) groups is 1. The second-order valence-electron chi connectivity index (χ2n) is 9.16. The van der Waals surface area contributed by atoms with E-state index in [4.69, 9.17) is 4.98 Å². The lowest BCUT2D eigenvalue weighted by atomic mass is 9.85. The molecule has 5 aromatic heterocycles. The molecule has 1 saturated carbocycles. The Bertz CT molecular complexity index is 1800. The SMILES string of the molecule is O=C(Nc1cncc(-c2cc3c(-c4nc5c(-c6ccc(F)s6)cccc5[nH]4)n[nH]c3cn2)c1)C1CCC1. The van der Waals surface area contributed by atoms with Crippen LogP contribution >= 0.6 is 11.3 Å². The van der Waals surface area contributed by atoms with Crippen molar-refractivity contribution in [3.63, 3.8) is 0 Å². The normalized spacial score (nSPS) is 13.8. The first-order valence-electron chi connectivity index (χ1n) is 12.0. The van der Waals surface area contributed by atoms with Gasteiger partial charge in [0.2, 0.25) is 5.91 Å². The molecular weight excluding hydrogens is 489 g/mol. The molecule has 0 bridgehead atoms. The number of halogens is 1. The van der Waals surface area contributed by atoms with Crippen LogP contribution < -0.4 is 5.32 Å². The average molecular weight is 510 g/mol. The molecule has 3 N–H and O–H groups in total. The van der Waals surface area contributed by atoms with Crippen LogP contribution in [0.5, 0.6) is 0 Å². The minimum atomic E-state index is -0.234. The summed E-state index contributed by atoms with van der Waals surface area (Å²) in [5.41, 5.74) is 6.01. The van der Waals surface area contributed by atoms with Gasteiger partial charge >= 0.3 is 0 Å². The van der Waals surface area contributed by atoms with Gasteiger partial charge in [-0.3, -0.25) is 19.9 Å². The Balaban J connectivity index is 1.26. The third-order valence-corrected chi connectivity index (χ3v) is 7.71. The zero-order chi connectivity index (χ0) is 24.9. The molecule has 0 unspecified atom stereocenters. The van der Waals surface area contributed by atoms with E-state index in [1.165, 1.54) is 6.07 Å². The number of nitrogens with zero attached hydrogens (tertiary/aromatic N) is 4. The van der Waals surface area contributed by atoms with Gasteiger partial charge in [0, 0.05) is 33.5 Å². The predicted octanol–water partition coefficient (Wildman–Crippen LogP) is 6.17. The lowest BCUT2D eigenvalue weighted by Crippen LogP contribution is -2.28. The summed E-state index contributed by atoms with van der Waals surface area (Å²) in [5.74, 6) is 0.734. The maximum absolute atomic E-state index is 13.7. The topological polar surface area (TPSA) is 112 Å². The highest BCUT2D eigenvalue weighted by atomic mass is 32.1. The maximum atomic E-state index is 13.7. The van der Waals surface area contributed by atoms with E-state index in [0.717, 1.165) is 68.5 Å². The van der Waals surface area contributed by atoms with Crippen molar-refractivity contribution in [3.8, 4) is 33.2 Å². The van der Waals surface area contributed by atoms with Crippen LogP contribution in [0.4, 0.5) is 10.1 Å². The molecule has 0 aliphatic heterocycles. The molecule has 10 heteroatoms.